The largest absolute Gasteiger partial charge is 0.219 e. The minimum Gasteiger partial charge on any atom is -0.219 e. The zero-order valence-electron chi connectivity index (χ0n) is 10.4. The van der Waals surface area contributed by atoms with Crippen LogP contribution >= 0.6 is 22.6 Å². The molecule has 0 unspecified atom stereocenters. The van der Waals surface area contributed by atoms with Crippen LogP contribution in [0, 0.1) is 0 Å². The van der Waals surface area contributed by atoms with Crippen molar-refractivity contribution < 1.29 is 8.42 Å². The zero-order valence-corrected chi connectivity index (χ0v) is 13.4. The first-order valence-corrected chi connectivity index (χ1v) is 8.31. The molecule has 4 heteroatoms. The minimum absolute atomic E-state index is 0.331. The van der Waals surface area contributed by atoms with Gasteiger partial charge in [-0.25, -0.2) is 8.42 Å². The molecular formula is C15H13IO2S. The number of allylic oxidation sites excluding steroid dienone is 1. The number of hydrogen-bond donors (Lipinski definition) is 0. The molecule has 0 amide bonds. The summed E-state index contributed by atoms with van der Waals surface area (Å²) in [5.74, 6) is 0. The van der Waals surface area contributed by atoms with Crippen LogP contribution < -0.4 is 0 Å². The maximum absolute atomic E-state index is 12.5. The van der Waals surface area contributed by atoms with Crippen LogP contribution in [0.25, 0.3) is 3.58 Å². The van der Waals surface area contributed by atoms with Crippen molar-refractivity contribution in [2.45, 2.75) is 11.8 Å². The molecule has 0 saturated carbocycles. The van der Waals surface area contributed by atoms with Gasteiger partial charge in [0.1, 0.15) is 0 Å². The van der Waals surface area contributed by atoms with Gasteiger partial charge in [-0.3, -0.25) is 0 Å². The van der Waals surface area contributed by atoms with Crippen LogP contribution in [0.15, 0.2) is 70.5 Å². The van der Waals surface area contributed by atoms with E-state index in [4.69, 9.17) is 0 Å². The monoisotopic (exact) mass is 384 g/mol. The molecule has 0 aromatic heterocycles. The van der Waals surface area contributed by atoms with Gasteiger partial charge < -0.3 is 0 Å². The molecule has 0 spiro atoms. The average Bonchev–Trinajstić information content (AvgIpc) is 2.47. The Morgan fingerprint density at radius 3 is 1.89 bits per heavy atom. The third-order valence-corrected chi connectivity index (χ3v) is 6.49. The van der Waals surface area contributed by atoms with Crippen molar-refractivity contribution in [3.63, 3.8) is 0 Å². The van der Waals surface area contributed by atoms with E-state index in [1.54, 1.807) is 37.3 Å². The van der Waals surface area contributed by atoms with Gasteiger partial charge in [-0.1, -0.05) is 48.5 Å². The summed E-state index contributed by atoms with van der Waals surface area (Å²) in [6, 6.07) is 18.0. The van der Waals surface area contributed by atoms with Gasteiger partial charge in [-0.15, -0.1) is 0 Å². The van der Waals surface area contributed by atoms with E-state index in [2.05, 4.69) is 22.6 Å². The van der Waals surface area contributed by atoms with Crippen molar-refractivity contribution in [1.82, 2.24) is 0 Å². The number of sulfone groups is 1. The summed E-state index contributed by atoms with van der Waals surface area (Å²) in [5.41, 5.74) is 0.917. The SMILES string of the molecule is C/C(=C(\I)c1ccccc1)S(=O)(=O)c1ccccc1. The first kappa shape index (κ1) is 14.3. The van der Waals surface area contributed by atoms with Crippen LogP contribution in [0.3, 0.4) is 0 Å². The van der Waals surface area contributed by atoms with Crippen molar-refractivity contribution >= 4 is 36.0 Å². The standard InChI is InChI=1S/C15H13IO2S/c1-12(15(16)13-8-4-2-5-9-13)19(17,18)14-10-6-3-7-11-14/h2-11H,1H3/b15-12+. The highest BCUT2D eigenvalue weighted by Crippen LogP contribution is 2.31. The molecule has 0 N–H and O–H groups in total. The first-order valence-electron chi connectivity index (χ1n) is 5.75. The van der Waals surface area contributed by atoms with Gasteiger partial charge in [0.25, 0.3) is 0 Å². The number of halogens is 1. The highest BCUT2D eigenvalue weighted by molar-refractivity contribution is 14.1. The Morgan fingerprint density at radius 1 is 0.895 bits per heavy atom. The first-order chi connectivity index (χ1) is 9.03. The summed E-state index contributed by atoms with van der Waals surface area (Å²) in [6.45, 7) is 1.65. The average molecular weight is 384 g/mol. The van der Waals surface area contributed by atoms with Gasteiger partial charge in [-0.2, -0.15) is 0 Å². The highest BCUT2D eigenvalue weighted by atomic mass is 127. The molecule has 0 saturated heterocycles. The van der Waals surface area contributed by atoms with E-state index in [9.17, 15) is 8.42 Å². The molecule has 98 valence electrons. The Morgan fingerprint density at radius 2 is 1.37 bits per heavy atom. The van der Waals surface area contributed by atoms with Gasteiger partial charge in [0.15, 0.2) is 0 Å². The van der Waals surface area contributed by atoms with E-state index in [1.165, 1.54) is 0 Å². The number of rotatable bonds is 3. The van der Waals surface area contributed by atoms with Crippen LogP contribution in [-0.4, -0.2) is 8.42 Å². The van der Waals surface area contributed by atoms with Crippen LogP contribution in [0.1, 0.15) is 12.5 Å². The molecule has 2 rings (SSSR count). The fourth-order valence-corrected chi connectivity index (χ4v) is 4.13. The molecule has 0 aliphatic carbocycles. The van der Waals surface area contributed by atoms with Crippen LogP contribution in [0.4, 0.5) is 0 Å². The quantitative estimate of drug-likeness (QED) is 0.741. The lowest BCUT2D eigenvalue weighted by molar-refractivity contribution is 0.602. The van der Waals surface area contributed by atoms with Crippen molar-refractivity contribution in [3.05, 3.63) is 71.1 Å². The fraction of sp³-hybridized carbons (Fsp3) is 0.0667. The van der Waals surface area contributed by atoms with Crippen LogP contribution in [0.2, 0.25) is 0 Å². The van der Waals surface area contributed by atoms with Crippen LogP contribution in [-0.2, 0) is 9.84 Å². The Bertz CT molecular complexity index is 689. The van der Waals surface area contributed by atoms with Gasteiger partial charge in [0, 0.05) is 3.58 Å². The van der Waals surface area contributed by atoms with Gasteiger partial charge in [-0.05, 0) is 47.2 Å². The third kappa shape index (κ3) is 3.06. The predicted octanol–water partition coefficient (Wildman–Crippen LogP) is 4.28. The van der Waals surface area contributed by atoms with Crippen molar-refractivity contribution in [2.24, 2.45) is 0 Å². The van der Waals surface area contributed by atoms with Crippen LogP contribution in [0.5, 0.6) is 0 Å². The molecule has 0 bridgehead atoms. The second kappa shape index (κ2) is 5.88. The lowest BCUT2D eigenvalue weighted by Crippen LogP contribution is -2.03. The van der Waals surface area contributed by atoms with Crippen molar-refractivity contribution in [3.8, 4) is 0 Å². The molecule has 0 radical (unpaired) electrons. The molecule has 0 aliphatic heterocycles. The molecular weight excluding hydrogens is 371 g/mol. The Kier molecular flexibility index (Phi) is 4.42. The molecule has 0 heterocycles. The highest BCUT2D eigenvalue weighted by Gasteiger charge is 2.19. The van der Waals surface area contributed by atoms with Gasteiger partial charge in [0.2, 0.25) is 9.84 Å². The smallest absolute Gasteiger partial charge is 0.203 e. The zero-order chi connectivity index (χ0) is 13.9. The summed E-state index contributed by atoms with van der Waals surface area (Å²) in [7, 11) is -3.41. The molecule has 0 atom stereocenters. The summed E-state index contributed by atoms with van der Waals surface area (Å²) < 4.78 is 25.7. The maximum atomic E-state index is 12.5. The number of benzene rings is 2. The second-order valence-corrected chi connectivity index (χ2v) is 7.22. The summed E-state index contributed by atoms with van der Waals surface area (Å²) in [4.78, 5) is 0.711. The maximum Gasteiger partial charge on any atom is 0.203 e. The molecule has 0 fully saturated rings. The molecule has 2 aromatic carbocycles. The van der Waals surface area contributed by atoms with E-state index >= 15 is 0 Å². The second-order valence-electron chi connectivity index (χ2n) is 4.05. The Balaban J connectivity index is 2.53. The third-order valence-electron chi connectivity index (χ3n) is 2.79. The van der Waals surface area contributed by atoms with Crippen molar-refractivity contribution in [2.75, 3.05) is 0 Å². The topological polar surface area (TPSA) is 34.1 Å². The van der Waals surface area contributed by atoms with E-state index < -0.39 is 9.84 Å². The van der Waals surface area contributed by atoms with Crippen molar-refractivity contribution in [1.29, 1.82) is 0 Å². The normalized spacial score (nSPS) is 12.9. The van der Waals surface area contributed by atoms with E-state index in [0.717, 1.165) is 9.14 Å². The summed E-state index contributed by atoms with van der Waals surface area (Å²) in [5, 5.41) is 0. The molecule has 19 heavy (non-hydrogen) atoms. The van der Waals surface area contributed by atoms with E-state index in [0.29, 0.717) is 9.80 Å². The Labute approximate surface area is 127 Å². The summed E-state index contributed by atoms with van der Waals surface area (Å²) in [6.07, 6.45) is 0. The number of hydrogen-bond acceptors (Lipinski definition) is 2. The fourth-order valence-electron chi connectivity index (χ4n) is 1.68. The minimum atomic E-state index is -3.41. The molecule has 2 aromatic rings. The van der Waals surface area contributed by atoms with Gasteiger partial charge >= 0.3 is 0 Å². The summed E-state index contributed by atoms with van der Waals surface area (Å²) >= 11 is 2.09. The molecule has 0 aliphatic rings. The van der Waals surface area contributed by atoms with Gasteiger partial charge in [0.05, 0.1) is 9.80 Å². The Hall–Kier alpha value is -1.14. The van der Waals surface area contributed by atoms with E-state index in [1.807, 2.05) is 30.3 Å². The predicted molar refractivity (Wildman–Crippen MR) is 86.7 cm³/mol. The lowest BCUT2D eigenvalue weighted by Gasteiger charge is -2.08. The lowest BCUT2D eigenvalue weighted by atomic mass is 10.2. The van der Waals surface area contributed by atoms with E-state index in [-0.39, 0.29) is 0 Å². The molecule has 2 nitrogen and oxygen atoms in total.